The molecule has 0 radical (unpaired) electrons. The Morgan fingerprint density at radius 1 is 1.00 bits per heavy atom. The third-order valence-electron chi connectivity index (χ3n) is 3.33. The van der Waals surface area contributed by atoms with Gasteiger partial charge >= 0.3 is 5.51 Å². The van der Waals surface area contributed by atoms with Crippen molar-refractivity contribution in [2.45, 2.75) is 17.3 Å². The summed E-state index contributed by atoms with van der Waals surface area (Å²) in [5.74, 6) is 0.861. The van der Waals surface area contributed by atoms with Gasteiger partial charge in [0.05, 0.1) is 11.4 Å². The Morgan fingerprint density at radius 2 is 1.85 bits per heavy atom. The number of halogens is 3. The van der Waals surface area contributed by atoms with E-state index in [1.807, 2.05) is 19.1 Å². The maximum absolute atomic E-state index is 12.6. The zero-order valence-electron chi connectivity index (χ0n) is 14.3. The molecule has 0 amide bonds. The Morgan fingerprint density at radius 3 is 2.56 bits per heavy atom. The monoisotopic (exact) mass is 391 g/mol. The average Bonchev–Trinajstić information content (AvgIpc) is 2.61. The number of pyridine rings is 1. The van der Waals surface area contributed by atoms with E-state index >= 15 is 0 Å². The van der Waals surface area contributed by atoms with Crippen LogP contribution >= 0.6 is 11.8 Å². The van der Waals surface area contributed by atoms with Gasteiger partial charge < -0.3 is 10.6 Å². The molecule has 0 spiro atoms. The summed E-state index contributed by atoms with van der Waals surface area (Å²) in [6, 6.07) is 13.2. The number of nitrogens with one attached hydrogen (secondary N) is 2. The molecule has 0 saturated heterocycles. The number of hydrogen-bond acceptors (Lipinski definition) is 6. The van der Waals surface area contributed by atoms with E-state index in [-0.39, 0.29) is 16.7 Å². The molecule has 1 aromatic carbocycles. The van der Waals surface area contributed by atoms with Gasteiger partial charge in [-0.2, -0.15) is 18.2 Å². The number of nitrogens with zero attached hydrogens (tertiary/aromatic N) is 3. The molecule has 2 aromatic heterocycles. The van der Waals surface area contributed by atoms with Crippen molar-refractivity contribution in [2.24, 2.45) is 0 Å². The third kappa shape index (κ3) is 5.58. The Kier molecular flexibility index (Phi) is 5.80. The Bertz CT molecular complexity index is 903. The van der Waals surface area contributed by atoms with Gasteiger partial charge in [0.2, 0.25) is 5.95 Å². The SMILES string of the molecule is CCNc1nc(Nc2cccc(SC(F)(F)F)c2)cc(-c2ccccn2)n1. The first kappa shape index (κ1) is 19.0. The smallest absolute Gasteiger partial charge is 0.354 e. The molecule has 0 aliphatic heterocycles. The van der Waals surface area contributed by atoms with Crippen molar-refractivity contribution < 1.29 is 13.2 Å². The molecule has 0 atom stereocenters. The normalized spacial score (nSPS) is 11.3. The maximum atomic E-state index is 12.6. The van der Waals surface area contributed by atoms with Crippen LogP contribution in [0, 0.1) is 0 Å². The quantitative estimate of drug-likeness (QED) is 0.554. The molecule has 2 heterocycles. The van der Waals surface area contributed by atoms with Gasteiger partial charge in [-0.05, 0) is 49.0 Å². The largest absolute Gasteiger partial charge is 0.446 e. The maximum Gasteiger partial charge on any atom is 0.446 e. The van der Waals surface area contributed by atoms with Gasteiger partial charge in [0, 0.05) is 29.4 Å². The summed E-state index contributed by atoms with van der Waals surface area (Å²) in [7, 11) is 0. The summed E-state index contributed by atoms with van der Waals surface area (Å²) in [4.78, 5) is 13.2. The van der Waals surface area contributed by atoms with Gasteiger partial charge in [-0.25, -0.2) is 4.98 Å². The molecular formula is C18H16F3N5S. The molecule has 2 N–H and O–H groups in total. The van der Waals surface area contributed by atoms with E-state index in [2.05, 4.69) is 25.6 Å². The fraction of sp³-hybridized carbons (Fsp3) is 0.167. The van der Waals surface area contributed by atoms with Crippen molar-refractivity contribution in [1.29, 1.82) is 0 Å². The lowest BCUT2D eigenvalue weighted by atomic mass is 10.2. The van der Waals surface area contributed by atoms with Gasteiger partial charge in [0.25, 0.3) is 0 Å². The molecule has 0 aliphatic rings. The fourth-order valence-corrected chi connectivity index (χ4v) is 2.91. The molecule has 0 aliphatic carbocycles. The summed E-state index contributed by atoms with van der Waals surface area (Å²) in [5, 5.41) is 6.08. The van der Waals surface area contributed by atoms with E-state index in [1.54, 1.807) is 30.5 Å². The minimum Gasteiger partial charge on any atom is -0.354 e. The summed E-state index contributed by atoms with van der Waals surface area (Å²) in [6.07, 6.45) is 1.66. The van der Waals surface area contributed by atoms with E-state index in [4.69, 9.17) is 0 Å². The molecule has 0 saturated carbocycles. The second-order valence-electron chi connectivity index (χ2n) is 5.41. The summed E-state index contributed by atoms with van der Waals surface area (Å²) < 4.78 is 37.8. The van der Waals surface area contributed by atoms with E-state index in [0.29, 0.717) is 35.4 Å². The van der Waals surface area contributed by atoms with Crippen molar-refractivity contribution in [2.75, 3.05) is 17.2 Å². The Hall–Kier alpha value is -2.81. The third-order valence-corrected chi connectivity index (χ3v) is 4.05. The van der Waals surface area contributed by atoms with Crippen LogP contribution in [0.2, 0.25) is 0 Å². The highest BCUT2D eigenvalue weighted by molar-refractivity contribution is 8.00. The van der Waals surface area contributed by atoms with Gasteiger partial charge in [-0.1, -0.05) is 12.1 Å². The fourth-order valence-electron chi connectivity index (χ4n) is 2.31. The summed E-state index contributed by atoms with van der Waals surface area (Å²) in [5.41, 5.74) is -2.57. The van der Waals surface area contributed by atoms with E-state index in [0.717, 1.165) is 0 Å². The van der Waals surface area contributed by atoms with E-state index < -0.39 is 5.51 Å². The number of thioether (sulfide) groups is 1. The van der Waals surface area contributed by atoms with Crippen LogP contribution in [-0.4, -0.2) is 27.0 Å². The molecule has 3 rings (SSSR count). The van der Waals surface area contributed by atoms with Crippen molar-refractivity contribution >= 4 is 29.2 Å². The van der Waals surface area contributed by atoms with Crippen LogP contribution in [0.15, 0.2) is 59.6 Å². The number of anilines is 3. The molecule has 5 nitrogen and oxygen atoms in total. The average molecular weight is 391 g/mol. The van der Waals surface area contributed by atoms with Crippen LogP contribution in [0.1, 0.15) is 6.92 Å². The van der Waals surface area contributed by atoms with Crippen LogP contribution in [0.25, 0.3) is 11.4 Å². The molecule has 27 heavy (non-hydrogen) atoms. The Labute approximate surface area is 158 Å². The second-order valence-corrected chi connectivity index (χ2v) is 6.55. The lowest BCUT2D eigenvalue weighted by molar-refractivity contribution is -0.0328. The van der Waals surface area contributed by atoms with Crippen molar-refractivity contribution in [3.05, 3.63) is 54.7 Å². The van der Waals surface area contributed by atoms with Gasteiger partial charge in [-0.3, -0.25) is 4.98 Å². The summed E-state index contributed by atoms with van der Waals surface area (Å²) >= 11 is -0.158. The van der Waals surface area contributed by atoms with Crippen molar-refractivity contribution in [3.8, 4) is 11.4 Å². The Balaban J connectivity index is 1.90. The van der Waals surface area contributed by atoms with Crippen LogP contribution in [0.3, 0.4) is 0 Å². The van der Waals surface area contributed by atoms with Crippen LogP contribution < -0.4 is 10.6 Å². The minimum absolute atomic E-state index is 0.0958. The zero-order chi connectivity index (χ0) is 19.3. The topological polar surface area (TPSA) is 62.7 Å². The van der Waals surface area contributed by atoms with Crippen LogP contribution in [-0.2, 0) is 0 Å². The molecular weight excluding hydrogens is 375 g/mol. The first-order valence-electron chi connectivity index (χ1n) is 8.10. The second kappa shape index (κ2) is 8.26. The number of hydrogen-bond donors (Lipinski definition) is 2. The number of aromatic nitrogens is 3. The van der Waals surface area contributed by atoms with Gasteiger partial charge in [-0.15, -0.1) is 0 Å². The number of rotatable bonds is 6. The molecule has 0 fully saturated rings. The molecule has 0 bridgehead atoms. The molecule has 3 aromatic rings. The van der Waals surface area contributed by atoms with Crippen molar-refractivity contribution in [3.63, 3.8) is 0 Å². The highest BCUT2D eigenvalue weighted by atomic mass is 32.2. The van der Waals surface area contributed by atoms with Gasteiger partial charge in [0.15, 0.2) is 0 Å². The predicted molar refractivity (Wildman–Crippen MR) is 101 cm³/mol. The van der Waals surface area contributed by atoms with E-state index in [9.17, 15) is 13.2 Å². The molecule has 9 heteroatoms. The first-order valence-corrected chi connectivity index (χ1v) is 8.92. The predicted octanol–water partition coefficient (Wildman–Crippen LogP) is 5.33. The van der Waals surface area contributed by atoms with Crippen LogP contribution in [0.4, 0.5) is 30.6 Å². The van der Waals surface area contributed by atoms with E-state index in [1.165, 1.54) is 12.1 Å². The lowest BCUT2D eigenvalue weighted by Crippen LogP contribution is -2.06. The number of alkyl halides is 3. The zero-order valence-corrected chi connectivity index (χ0v) is 15.1. The number of benzene rings is 1. The standard InChI is InChI=1S/C18H16F3N5S/c1-2-22-17-25-15(14-8-3-4-9-23-14)11-16(26-17)24-12-6-5-7-13(10-12)27-18(19,20)21/h3-11H,2H2,1H3,(H2,22,24,25,26). The van der Waals surface area contributed by atoms with Crippen molar-refractivity contribution in [1.82, 2.24) is 15.0 Å². The first-order chi connectivity index (χ1) is 12.9. The minimum atomic E-state index is -4.34. The van der Waals surface area contributed by atoms with Gasteiger partial charge in [0.1, 0.15) is 5.82 Å². The molecule has 140 valence electrons. The lowest BCUT2D eigenvalue weighted by Gasteiger charge is -2.12. The highest BCUT2D eigenvalue weighted by Gasteiger charge is 2.29. The highest BCUT2D eigenvalue weighted by Crippen LogP contribution is 2.37. The summed E-state index contributed by atoms with van der Waals surface area (Å²) in [6.45, 7) is 2.55. The van der Waals surface area contributed by atoms with Crippen LogP contribution in [0.5, 0.6) is 0 Å². The molecule has 0 unspecified atom stereocenters.